The van der Waals surface area contributed by atoms with Crippen LogP contribution >= 0.6 is 0 Å². The van der Waals surface area contributed by atoms with Gasteiger partial charge in [0.2, 0.25) is 0 Å². The van der Waals surface area contributed by atoms with Gasteiger partial charge in [0.1, 0.15) is 5.75 Å². The second kappa shape index (κ2) is 10.4. The van der Waals surface area contributed by atoms with Crippen LogP contribution in [0, 0.1) is 20.8 Å². The minimum atomic E-state index is -0.233. The molecule has 0 aliphatic heterocycles. The number of benzene rings is 4. The average Bonchev–Trinajstić information content (AvgIpc) is 2.85. The Balaban J connectivity index is 2.06. The van der Waals surface area contributed by atoms with Crippen LogP contribution in [0.25, 0.3) is 11.1 Å². The summed E-state index contributed by atoms with van der Waals surface area (Å²) in [5, 5.41) is 0. The van der Waals surface area contributed by atoms with E-state index in [-0.39, 0.29) is 5.97 Å². The average molecular weight is 447 g/mol. The predicted octanol–water partition coefficient (Wildman–Crippen LogP) is 7.93. The van der Waals surface area contributed by atoms with Crippen LogP contribution in [0.3, 0.4) is 0 Å². The number of hydrogen-bond acceptors (Lipinski definition) is 2. The molecule has 0 atom stereocenters. The van der Waals surface area contributed by atoms with Crippen molar-refractivity contribution in [3.63, 3.8) is 0 Å². The maximum absolute atomic E-state index is 11.8. The maximum Gasteiger partial charge on any atom is 0.310 e. The van der Waals surface area contributed by atoms with Crippen LogP contribution in [0.1, 0.15) is 52.3 Å². The van der Waals surface area contributed by atoms with Crippen molar-refractivity contribution in [2.45, 2.75) is 34.1 Å². The highest BCUT2D eigenvalue weighted by Gasteiger charge is 2.20. The molecule has 0 aromatic heterocycles. The highest BCUT2D eigenvalue weighted by atomic mass is 16.5. The Labute approximate surface area is 202 Å². The lowest BCUT2D eigenvalue weighted by atomic mass is 9.82. The Kier molecular flexibility index (Phi) is 7.08. The van der Waals surface area contributed by atoms with Gasteiger partial charge in [0.15, 0.2) is 0 Å². The van der Waals surface area contributed by atoms with E-state index in [1.807, 2.05) is 12.1 Å². The maximum atomic E-state index is 11.8. The third-order valence-corrected chi connectivity index (χ3v) is 6.16. The summed E-state index contributed by atoms with van der Waals surface area (Å²) in [6.45, 7) is 8.28. The fourth-order valence-electron chi connectivity index (χ4n) is 4.30. The number of carbonyl (C=O) groups is 1. The highest BCUT2D eigenvalue weighted by Crippen LogP contribution is 2.40. The van der Waals surface area contributed by atoms with E-state index in [0.29, 0.717) is 12.2 Å². The van der Waals surface area contributed by atoms with Gasteiger partial charge in [-0.05, 0) is 83.0 Å². The van der Waals surface area contributed by atoms with E-state index in [4.69, 9.17) is 4.74 Å². The van der Waals surface area contributed by atoms with E-state index < -0.39 is 0 Å². The minimum Gasteiger partial charge on any atom is -0.427 e. The fraction of sp³-hybridized carbons (Fsp3) is 0.156. The molecule has 2 heteroatoms. The monoisotopic (exact) mass is 446 g/mol. The largest absolute Gasteiger partial charge is 0.427 e. The molecule has 0 unspecified atom stereocenters. The van der Waals surface area contributed by atoms with E-state index >= 15 is 0 Å². The molecule has 0 N–H and O–H groups in total. The zero-order valence-corrected chi connectivity index (χ0v) is 20.3. The molecule has 0 aliphatic rings. The van der Waals surface area contributed by atoms with Crippen molar-refractivity contribution in [3.05, 3.63) is 136 Å². The van der Waals surface area contributed by atoms with Gasteiger partial charge in [-0.1, -0.05) is 91.9 Å². The van der Waals surface area contributed by atoms with Crippen molar-refractivity contribution >= 4 is 17.1 Å². The SMILES string of the molecule is CCC(=O)Oc1ccc(C(=C(c2ccccc2C)c2ccccc2C)c2ccccc2C)cc1. The quantitative estimate of drug-likeness (QED) is 0.171. The molecule has 170 valence electrons. The molecule has 34 heavy (non-hydrogen) atoms. The van der Waals surface area contributed by atoms with Crippen LogP contribution < -0.4 is 4.74 Å². The lowest BCUT2D eigenvalue weighted by molar-refractivity contribution is -0.134. The molecule has 4 aromatic rings. The lowest BCUT2D eigenvalue weighted by Gasteiger charge is -2.22. The molecule has 4 rings (SSSR count). The molecule has 0 spiro atoms. The van der Waals surface area contributed by atoms with Crippen molar-refractivity contribution in [3.8, 4) is 5.75 Å². The Hall–Kier alpha value is -3.91. The van der Waals surface area contributed by atoms with E-state index in [9.17, 15) is 4.79 Å². The smallest absolute Gasteiger partial charge is 0.310 e. The standard InChI is InChI=1S/C32H30O2/c1-5-30(33)34-26-20-18-25(19-21-26)31(27-15-9-6-12-22(27)2)32(28-16-10-7-13-23(28)3)29-17-11-8-14-24(29)4/h6-21H,5H2,1-4H3. The molecule has 0 radical (unpaired) electrons. The van der Waals surface area contributed by atoms with Crippen LogP contribution in [0.5, 0.6) is 5.75 Å². The van der Waals surface area contributed by atoms with Crippen molar-refractivity contribution in [1.29, 1.82) is 0 Å². The highest BCUT2D eigenvalue weighted by molar-refractivity contribution is 6.06. The molecule has 0 amide bonds. The summed E-state index contributed by atoms with van der Waals surface area (Å²) in [4.78, 5) is 11.8. The van der Waals surface area contributed by atoms with Gasteiger partial charge < -0.3 is 4.74 Å². The van der Waals surface area contributed by atoms with Crippen LogP contribution in [-0.4, -0.2) is 5.97 Å². The summed E-state index contributed by atoms with van der Waals surface area (Å²) in [6, 6.07) is 33.5. The van der Waals surface area contributed by atoms with Gasteiger partial charge >= 0.3 is 5.97 Å². The molecule has 2 nitrogen and oxygen atoms in total. The Morgan fingerprint density at radius 3 is 1.41 bits per heavy atom. The van der Waals surface area contributed by atoms with E-state index in [0.717, 1.165) is 11.1 Å². The normalized spacial score (nSPS) is 10.6. The number of aryl methyl sites for hydroxylation is 3. The van der Waals surface area contributed by atoms with Crippen LogP contribution in [0.15, 0.2) is 97.1 Å². The summed E-state index contributed by atoms with van der Waals surface area (Å²) >= 11 is 0. The number of ether oxygens (including phenoxy) is 1. The van der Waals surface area contributed by atoms with Gasteiger partial charge in [-0.2, -0.15) is 0 Å². The fourth-order valence-corrected chi connectivity index (χ4v) is 4.30. The summed E-state index contributed by atoms with van der Waals surface area (Å²) < 4.78 is 5.44. The zero-order valence-electron chi connectivity index (χ0n) is 20.3. The number of rotatable bonds is 6. The first-order valence-corrected chi connectivity index (χ1v) is 11.7. The van der Waals surface area contributed by atoms with Gasteiger partial charge in [0, 0.05) is 6.42 Å². The molecule has 0 aliphatic carbocycles. The van der Waals surface area contributed by atoms with Crippen LogP contribution in [0.4, 0.5) is 0 Å². The third-order valence-electron chi connectivity index (χ3n) is 6.16. The summed E-state index contributed by atoms with van der Waals surface area (Å²) in [5.41, 5.74) is 10.7. The second-order valence-corrected chi connectivity index (χ2v) is 8.55. The van der Waals surface area contributed by atoms with Crippen molar-refractivity contribution in [1.82, 2.24) is 0 Å². The molecular formula is C32H30O2. The lowest BCUT2D eigenvalue weighted by Crippen LogP contribution is -2.05. The number of carbonyl (C=O) groups excluding carboxylic acids is 1. The van der Waals surface area contributed by atoms with E-state index in [1.54, 1.807) is 6.92 Å². The minimum absolute atomic E-state index is 0.233. The third kappa shape index (κ3) is 4.87. The number of hydrogen-bond donors (Lipinski definition) is 0. The predicted molar refractivity (Wildman–Crippen MR) is 141 cm³/mol. The zero-order chi connectivity index (χ0) is 24.1. The Morgan fingerprint density at radius 1 is 0.588 bits per heavy atom. The molecular weight excluding hydrogens is 416 g/mol. The molecule has 4 aromatic carbocycles. The molecule has 0 bridgehead atoms. The molecule has 0 saturated carbocycles. The van der Waals surface area contributed by atoms with Crippen LogP contribution in [-0.2, 0) is 4.79 Å². The molecule has 0 heterocycles. The Morgan fingerprint density at radius 2 is 1.00 bits per heavy atom. The van der Waals surface area contributed by atoms with Crippen molar-refractivity contribution in [2.75, 3.05) is 0 Å². The van der Waals surface area contributed by atoms with E-state index in [1.165, 1.54) is 39.0 Å². The summed E-state index contributed by atoms with van der Waals surface area (Å²) in [5.74, 6) is 0.330. The summed E-state index contributed by atoms with van der Waals surface area (Å²) in [7, 11) is 0. The summed E-state index contributed by atoms with van der Waals surface area (Å²) in [6.07, 6.45) is 0.348. The van der Waals surface area contributed by atoms with Gasteiger partial charge in [0.25, 0.3) is 0 Å². The Bertz CT molecular complexity index is 1300. The number of esters is 1. The first-order chi connectivity index (χ1) is 16.5. The van der Waals surface area contributed by atoms with E-state index in [2.05, 4.69) is 106 Å². The van der Waals surface area contributed by atoms with Gasteiger partial charge in [-0.25, -0.2) is 0 Å². The van der Waals surface area contributed by atoms with Crippen molar-refractivity contribution < 1.29 is 9.53 Å². The second-order valence-electron chi connectivity index (χ2n) is 8.55. The van der Waals surface area contributed by atoms with Crippen molar-refractivity contribution in [2.24, 2.45) is 0 Å². The first kappa shape index (κ1) is 23.3. The van der Waals surface area contributed by atoms with Gasteiger partial charge in [-0.15, -0.1) is 0 Å². The van der Waals surface area contributed by atoms with Gasteiger partial charge in [-0.3, -0.25) is 4.79 Å². The first-order valence-electron chi connectivity index (χ1n) is 11.7. The molecule has 0 saturated heterocycles. The molecule has 0 fully saturated rings. The van der Waals surface area contributed by atoms with Gasteiger partial charge in [0.05, 0.1) is 0 Å². The van der Waals surface area contributed by atoms with Crippen LogP contribution in [0.2, 0.25) is 0 Å². The topological polar surface area (TPSA) is 26.3 Å².